The predicted molar refractivity (Wildman–Crippen MR) is 88.0 cm³/mol. The van der Waals surface area contributed by atoms with Gasteiger partial charge in [0.15, 0.2) is 0 Å². The van der Waals surface area contributed by atoms with E-state index < -0.39 is 10.0 Å². The van der Waals surface area contributed by atoms with Gasteiger partial charge in [0, 0.05) is 12.5 Å². The van der Waals surface area contributed by atoms with Gasteiger partial charge in [-0.2, -0.15) is 5.10 Å². The lowest BCUT2D eigenvalue weighted by atomic mass is 10.1. The molecule has 23 heavy (non-hydrogen) atoms. The van der Waals surface area contributed by atoms with Crippen molar-refractivity contribution in [3.63, 3.8) is 0 Å². The quantitative estimate of drug-likeness (QED) is 0.804. The van der Waals surface area contributed by atoms with Gasteiger partial charge >= 0.3 is 0 Å². The molecule has 8 heteroatoms. The molecule has 0 fully saturated rings. The highest BCUT2D eigenvalue weighted by atomic mass is 32.2. The number of amides is 1. The van der Waals surface area contributed by atoms with Crippen molar-refractivity contribution in [2.24, 2.45) is 5.92 Å². The fraction of sp³-hybridized carbons (Fsp3) is 0.733. The lowest BCUT2D eigenvalue weighted by molar-refractivity contribution is -0.136. The molecule has 130 valence electrons. The van der Waals surface area contributed by atoms with E-state index in [0.29, 0.717) is 31.7 Å². The fourth-order valence-corrected chi connectivity index (χ4v) is 3.74. The Bertz CT molecular complexity index is 652. The van der Waals surface area contributed by atoms with E-state index in [9.17, 15) is 13.2 Å². The Morgan fingerprint density at radius 2 is 2.13 bits per heavy atom. The third kappa shape index (κ3) is 4.78. The molecule has 0 bridgehead atoms. The van der Waals surface area contributed by atoms with Crippen LogP contribution >= 0.6 is 0 Å². The molecule has 2 rings (SSSR count). The predicted octanol–water partition coefficient (Wildman–Crippen LogP) is 1.10. The number of aromatic nitrogens is 2. The standard InChI is InChI=1S/C15H26N4O3S/c1-4-5-8-23(21,22)16-10-13-9-14-11-18(15(20)12(2)3)6-7-19(14)17-13/h9,12,16H,4-8,10-11H2,1-3H3. The lowest BCUT2D eigenvalue weighted by Crippen LogP contribution is -2.40. The molecule has 0 aromatic carbocycles. The van der Waals surface area contributed by atoms with E-state index in [1.807, 2.05) is 36.4 Å². The number of rotatable bonds is 7. The summed E-state index contributed by atoms with van der Waals surface area (Å²) in [6.07, 6.45) is 1.50. The highest BCUT2D eigenvalue weighted by Crippen LogP contribution is 2.16. The minimum Gasteiger partial charge on any atom is -0.335 e. The molecule has 1 N–H and O–H groups in total. The zero-order valence-corrected chi connectivity index (χ0v) is 14.9. The maximum absolute atomic E-state index is 12.1. The molecular formula is C15H26N4O3S. The van der Waals surface area contributed by atoms with E-state index in [4.69, 9.17) is 0 Å². The third-order valence-electron chi connectivity index (χ3n) is 3.89. The summed E-state index contributed by atoms with van der Waals surface area (Å²) in [4.78, 5) is 13.9. The molecule has 0 aliphatic carbocycles. The number of hydrogen-bond donors (Lipinski definition) is 1. The molecule has 1 aliphatic rings. The first kappa shape index (κ1) is 17.9. The van der Waals surface area contributed by atoms with Gasteiger partial charge in [-0.25, -0.2) is 13.1 Å². The number of hydrogen-bond acceptors (Lipinski definition) is 4. The van der Waals surface area contributed by atoms with Crippen LogP contribution in [0.15, 0.2) is 6.07 Å². The van der Waals surface area contributed by atoms with Crippen LogP contribution in [-0.4, -0.2) is 41.3 Å². The second-order valence-corrected chi connectivity index (χ2v) is 8.18. The van der Waals surface area contributed by atoms with Crippen LogP contribution in [0.5, 0.6) is 0 Å². The zero-order chi connectivity index (χ0) is 17.0. The zero-order valence-electron chi connectivity index (χ0n) is 14.1. The Balaban J connectivity index is 1.97. The lowest BCUT2D eigenvalue weighted by Gasteiger charge is -2.29. The molecule has 1 amide bonds. The van der Waals surface area contributed by atoms with E-state index in [2.05, 4.69) is 9.82 Å². The van der Waals surface area contributed by atoms with Crippen molar-refractivity contribution in [3.8, 4) is 0 Å². The van der Waals surface area contributed by atoms with Crippen LogP contribution in [0.3, 0.4) is 0 Å². The van der Waals surface area contributed by atoms with Crippen molar-refractivity contribution in [3.05, 3.63) is 17.5 Å². The number of carbonyl (C=O) groups is 1. The summed E-state index contributed by atoms with van der Waals surface area (Å²) in [5.41, 5.74) is 1.65. The van der Waals surface area contributed by atoms with Gasteiger partial charge in [0.1, 0.15) is 0 Å². The van der Waals surface area contributed by atoms with Crippen LogP contribution in [0.4, 0.5) is 0 Å². The van der Waals surface area contributed by atoms with Crippen molar-refractivity contribution in [2.45, 2.75) is 53.2 Å². The molecule has 1 aliphatic heterocycles. The Labute approximate surface area is 138 Å². The molecule has 0 radical (unpaired) electrons. The summed E-state index contributed by atoms with van der Waals surface area (Å²) in [5, 5.41) is 4.42. The van der Waals surface area contributed by atoms with Gasteiger partial charge in [-0.15, -0.1) is 0 Å². The van der Waals surface area contributed by atoms with E-state index in [1.165, 1.54) is 0 Å². The highest BCUT2D eigenvalue weighted by molar-refractivity contribution is 7.89. The van der Waals surface area contributed by atoms with E-state index in [-0.39, 0.29) is 24.1 Å². The summed E-state index contributed by atoms with van der Waals surface area (Å²) in [7, 11) is -3.24. The fourth-order valence-electron chi connectivity index (χ4n) is 2.56. The molecule has 0 atom stereocenters. The number of unbranched alkanes of at least 4 members (excludes halogenated alkanes) is 1. The second-order valence-electron chi connectivity index (χ2n) is 6.26. The second kappa shape index (κ2) is 7.44. The number of fused-ring (bicyclic) bond motifs is 1. The largest absolute Gasteiger partial charge is 0.335 e. The molecule has 0 unspecified atom stereocenters. The number of nitrogens with one attached hydrogen (secondary N) is 1. The summed E-state index contributed by atoms with van der Waals surface area (Å²) in [6, 6.07) is 1.88. The maximum Gasteiger partial charge on any atom is 0.225 e. The van der Waals surface area contributed by atoms with Gasteiger partial charge < -0.3 is 4.90 Å². The van der Waals surface area contributed by atoms with Crippen molar-refractivity contribution in [1.82, 2.24) is 19.4 Å². The SMILES string of the molecule is CCCCS(=O)(=O)NCc1cc2n(n1)CCN(C(=O)C(C)C)C2. The monoisotopic (exact) mass is 342 g/mol. The van der Waals surface area contributed by atoms with E-state index >= 15 is 0 Å². The average Bonchev–Trinajstić information content (AvgIpc) is 2.92. The Hall–Kier alpha value is -1.41. The normalized spacial score (nSPS) is 15.0. The van der Waals surface area contributed by atoms with Crippen LogP contribution in [0, 0.1) is 5.92 Å². The summed E-state index contributed by atoms with van der Waals surface area (Å²) >= 11 is 0. The van der Waals surface area contributed by atoms with Crippen LogP contribution in [0.25, 0.3) is 0 Å². The van der Waals surface area contributed by atoms with Crippen LogP contribution < -0.4 is 4.72 Å². The van der Waals surface area contributed by atoms with Gasteiger partial charge in [0.05, 0.1) is 36.8 Å². The van der Waals surface area contributed by atoms with Gasteiger partial charge in [-0.1, -0.05) is 27.2 Å². The highest BCUT2D eigenvalue weighted by Gasteiger charge is 2.24. The Kier molecular flexibility index (Phi) is 5.80. The van der Waals surface area contributed by atoms with E-state index in [1.54, 1.807) is 0 Å². The summed E-state index contributed by atoms with van der Waals surface area (Å²) in [6.45, 7) is 7.78. The molecule has 0 saturated heterocycles. The topological polar surface area (TPSA) is 84.3 Å². The number of nitrogens with zero attached hydrogens (tertiary/aromatic N) is 3. The molecule has 0 saturated carbocycles. The van der Waals surface area contributed by atoms with Gasteiger partial charge in [-0.3, -0.25) is 9.48 Å². The Morgan fingerprint density at radius 3 is 2.78 bits per heavy atom. The first-order chi connectivity index (χ1) is 10.8. The molecule has 2 heterocycles. The van der Waals surface area contributed by atoms with Gasteiger partial charge in [0.2, 0.25) is 15.9 Å². The van der Waals surface area contributed by atoms with Crippen LogP contribution in [0.2, 0.25) is 0 Å². The third-order valence-corrected chi connectivity index (χ3v) is 5.30. The number of sulfonamides is 1. The van der Waals surface area contributed by atoms with Gasteiger partial charge in [-0.05, 0) is 12.5 Å². The van der Waals surface area contributed by atoms with Crippen molar-refractivity contribution in [1.29, 1.82) is 0 Å². The van der Waals surface area contributed by atoms with Crippen molar-refractivity contribution in [2.75, 3.05) is 12.3 Å². The number of carbonyl (C=O) groups excluding carboxylic acids is 1. The molecule has 1 aromatic heterocycles. The molecular weight excluding hydrogens is 316 g/mol. The first-order valence-corrected chi connectivity index (χ1v) is 9.79. The first-order valence-electron chi connectivity index (χ1n) is 8.14. The average molecular weight is 342 g/mol. The molecule has 0 spiro atoms. The van der Waals surface area contributed by atoms with E-state index in [0.717, 1.165) is 12.1 Å². The molecule has 7 nitrogen and oxygen atoms in total. The van der Waals surface area contributed by atoms with Gasteiger partial charge in [0.25, 0.3) is 0 Å². The minimum absolute atomic E-state index is 0.0192. The summed E-state index contributed by atoms with van der Waals surface area (Å²) in [5.74, 6) is 0.266. The van der Waals surface area contributed by atoms with Crippen LogP contribution in [0.1, 0.15) is 45.0 Å². The minimum atomic E-state index is -3.24. The maximum atomic E-state index is 12.1. The smallest absolute Gasteiger partial charge is 0.225 e. The Morgan fingerprint density at radius 1 is 1.39 bits per heavy atom. The summed E-state index contributed by atoms with van der Waals surface area (Å²) < 4.78 is 28.1. The molecule has 1 aromatic rings. The van der Waals surface area contributed by atoms with Crippen LogP contribution in [-0.2, 0) is 34.5 Å². The van der Waals surface area contributed by atoms with Crippen molar-refractivity contribution < 1.29 is 13.2 Å². The van der Waals surface area contributed by atoms with Crippen molar-refractivity contribution >= 4 is 15.9 Å².